The highest BCUT2D eigenvalue weighted by Gasteiger charge is 2.18. The molecule has 1 atom stereocenters. The fourth-order valence-corrected chi connectivity index (χ4v) is 2.67. The molecule has 4 rings (SSSR count). The Kier molecular flexibility index (Phi) is 3.05. The van der Waals surface area contributed by atoms with E-state index in [0.717, 1.165) is 0 Å². The Balaban J connectivity index is 1.70. The lowest BCUT2D eigenvalue weighted by atomic mass is 10.1. The van der Waals surface area contributed by atoms with Crippen LogP contribution in [0.5, 0.6) is 11.5 Å². The van der Waals surface area contributed by atoms with Crippen molar-refractivity contribution < 1.29 is 14.6 Å². The molecule has 0 fully saturated rings. The van der Waals surface area contributed by atoms with E-state index < -0.39 is 6.10 Å². The molecular weight excluding hydrogens is 300 g/mol. The number of hydrogen-bond donors (Lipinski definition) is 1. The summed E-state index contributed by atoms with van der Waals surface area (Å²) >= 11 is 0. The summed E-state index contributed by atoms with van der Waals surface area (Å²) in [6.07, 6.45) is 0.533. The predicted octanol–water partition coefficient (Wildman–Crippen LogP) is 0.662. The second-order valence-electron chi connectivity index (χ2n) is 5.33. The summed E-state index contributed by atoms with van der Waals surface area (Å²) in [7, 11) is 0. The van der Waals surface area contributed by atoms with E-state index in [9.17, 15) is 9.90 Å². The minimum Gasteiger partial charge on any atom is -0.454 e. The number of nitrogens with zero attached hydrogens (tertiary/aromatic N) is 4. The first-order valence-corrected chi connectivity index (χ1v) is 7.11. The first-order valence-electron chi connectivity index (χ1n) is 7.11. The standard InChI is InChI=1S/C15H14N4O4/c1-9-4-14(21)19-15(16-7-17-19)18(9)6-11(20)10-2-3-12-13(5-10)23-8-22-12/h2-5,7,11,20H,6,8H2,1H3. The Morgan fingerprint density at radius 3 is 3.00 bits per heavy atom. The number of benzene rings is 1. The lowest BCUT2D eigenvalue weighted by Crippen LogP contribution is -2.22. The largest absolute Gasteiger partial charge is 0.454 e. The van der Waals surface area contributed by atoms with Gasteiger partial charge in [0, 0.05) is 11.8 Å². The molecule has 1 N–H and O–H groups in total. The van der Waals surface area contributed by atoms with Crippen LogP contribution in [0.4, 0.5) is 0 Å². The predicted molar refractivity (Wildman–Crippen MR) is 79.5 cm³/mol. The van der Waals surface area contributed by atoms with E-state index in [2.05, 4.69) is 10.1 Å². The number of aromatic nitrogens is 4. The highest BCUT2D eigenvalue weighted by Crippen LogP contribution is 2.34. The average molecular weight is 314 g/mol. The Morgan fingerprint density at radius 1 is 1.30 bits per heavy atom. The van der Waals surface area contributed by atoms with Gasteiger partial charge in [-0.3, -0.25) is 4.79 Å². The van der Waals surface area contributed by atoms with Crippen LogP contribution in [0.15, 0.2) is 35.4 Å². The van der Waals surface area contributed by atoms with Gasteiger partial charge in [0.1, 0.15) is 6.33 Å². The molecule has 0 radical (unpaired) electrons. The van der Waals surface area contributed by atoms with Crippen LogP contribution in [-0.2, 0) is 6.54 Å². The molecule has 1 aromatic carbocycles. The van der Waals surface area contributed by atoms with Crippen molar-refractivity contribution in [2.45, 2.75) is 19.6 Å². The smallest absolute Gasteiger partial charge is 0.275 e. The zero-order valence-electron chi connectivity index (χ0n) is 12.3. The highest BCUT2D eigenvalue weighted by atomic mass is 16.7. The van der Waals surface area contributed by atoms with Crippen LogP contribution in [0.3, 0.4) is 0 Å². The molecule has 0 spiro atoms. The summed E-state index contributed by atoms with van der Waals surface area (Å²) < 4.78 is 13.6. The number of hydrogen-bond acceptors (Lipinski definition) is 6. The van der Waals surface area contributed by atoms with Gasteiger partial charge in [-0.15, -0.1) is 0 Å². The summed E-state index contributed by atoms with van der Waals surface area (Å²) in [4.78, 5) is 16.0. The third-order valence-corrected chi connectivity index (χ3v) is 3.87. The molecule has 3 aromatic rings. The molecule has 0 amide bonds. The summed E-state index contributed by atoms with van der Waals surface area (Å²) in [6, 6.07) is 6.78. The summed E-state index contributed by atoms with van der Waals surface area (Å²) in [5.41, 5.74) is 1.16. The van der Waals surface area contributed by atoms with Gasteiger partial charge in [0.15, 0.2) is 11.5 Å². The molecular formula is C15H14N4O4. The molecule has 0 saturated carbocycles. The van der Waals surface area contributed by atoms with E-state index >= 15 is 0 Å². The zero-order valence-corrected chi connectivity index (χ0v) is 12.3. The Labute approximate surface area is 130 Å². The Hall–Kier alpha value is -2.87. The van der Waals surface area contributed by atoms with Crippen LogP contribution in [0.25, 0.3) is 5.78 Å². The lowest BCUT2D eigenvalue weighted by Gasteiger charge is -2.16. The van der Waals surface area contributed by atoms with Crippen LogP contribution in [0.2, 0.25) is 0 Å². The van der Waals surface area contributed by atoms with E-state index in [1.165, 1.54) is 16.9 Å². The number of aliphatic hydroxyl groups is 1. The van der Waals surface area contributed by atoms with E-state index in [-0.39, 0.29) is 18.9 Å². The fourth-order valence-electron chi connectivity index (χ4n) is 2.67. The topological polar surface area (TPSA) is 90.9 Å². The minimum atomic E-state index is -0.786. The Bertz CT molecular complexity index is 946. The van der Waals surface area contributed by atoms with E-state index in [1.807, 2.05) is 0 Å². The second-order valence-corrected chi connectivity index (χ2v) is 5.33. The number of rotatable bonds is 3. The van der Waals surface area contributed by atoms with Crippen LogP contribution in [0, 0.1) is 6.92 Å². The maximum atomic E-state index is 11.9. The van der Waals surface area contributed by atoms with Crippen LogP contribution < -0.4 is 15.0 Å². The van der Waals surface area contributed by atoms with Gasteiger partial charge < -0.3 is 19.1 Å². The molecule has 1 unspecified atom stereocenters. The summed E-state index contributed by atoms with van der Waals surface area (Å²) in [6.45, 7) is 2.23. The van der Waals surface area contributed by atoms with Gasteiger partial charge in [-0.05, 0) is 24.6 Å². The fraction of sp³-hybridized carbons (Fsp3) is 0.267. The zero-order chi connectivity index (χ0) is 16.0. The van der Waals surface area contributed by atoms with Gasteiger partial charge in [-0.25, -0.2) is 0 Å². The quantitative estimate of drug-likeness (QED) is 0.764. The van der Waals surface area contributed by atoms with Crippen LogP contribution in [0.1, 0.15) is 17.4 Å². The van der Waals surface area contributed by atoms with Crippen molar-refractivity contribution in [2.75, 3.05) is 6.79 Å². The molecule has 1 aliphatic heterocycles. The van der Waals surface area contributed by atoms with Crippen molar-refractivity contribution in [3.8, 4) is 11.5 Å². The normalized spacial score (nSPS) is 14.3. The first-order chi connectivity index (χ1) is 11.1. The van der Waals surface area contributed by atoms with Crippen LogP contribution in [-0.4, -0.2) is 31.1 Å². The number of aryl methyl sites for hydroxylation is 1. The van der Waals surface area contributed by atoms with Crippen LogP contribution >= 0.6 is 0 Å². The van der Waals surface area contributed by atoms with E-state index in [4.69, 9.17) is 9.47 Å². The highest BCUT2D eigenvalue weighted by molar-refractivity contribution is 5.45. The SMILES string of the molecule is Cc1cc(=O)n2ncnc2n1CC(O)c1ccc2c(c1)OCO2. The number of ether oxygens (including phenoxy) is 2. The molecule has 118 valence electrons. The maximum absolute atomic E-state index is 11.9. The second kappa shape index (κ2) is 5.10. The van der Waals surface area contributed by atoms with Gasteiger partial charge in [-0.2, -0.15) is 14.6 Å². The molecule has 2 aromatic heterocycles. The monoisotopic (exact) mass is 314 g/mol. The van der Waals surface area contributed by atoms with Gasteiger partial charge in [0.05, 0.1) is 12.6 Å². The summed E-state index contributed by atoms with van der Waals surface area (Å²) in [5, 5.41) is 14.4. The first kappa shape index (κ1) is 13.8. The third kappa shape index (κ3) is 2.23. The van der Waals surface area contributed by atoms with Crippen molar-refractivity contribution in [2.24, 2.45) is 0 Å². The average Bonchev–Trinajstić information content (AvgIpc) is 3.19. The molecule has 0 bridgehead atoms. The number of fused-ring (bicyclic) bond motifs is 2. The van der Waals surface area contributed by atoms with Crippen molar-refractivity contribution in [3.05, 3.63) is 52.2 Å². The molecule has 3 heterocycles. The minimum absolute atomic E-state index is 0.189. The molecule has 0 saturated heterocycles. The van der Waals surface area contributed by atoms with Crippen molar-refractivity contribution in [3.63, 3.8) is 0 Å². The van der Waals surface area contributed by atoms with Crippen molar-refractivity contribution in [1.82, 2.24) is 19.2 Å². The van der Waals surface area contributed by atoms with Crippen molar-refractivity contribution >= 4 is 5.78 Å². The molecule has 8 heteroatoms. The maximum Gasteiger partial charge on any atom is 0.275 e. The van der Waals surface area contributed by atoms with Gasteiger partial charge >= 0.3 is 0 Å². The summed E-state index contributed by atoms with van der Waals surface area (Å²) in [5.74, 6) is 1.68. The molecule has 0 aliphatic carbocycles. The third-order valence-electron chi connectivity index (χ3n) is 3.87. The Morgan fingerprint density at radius 2 is 2.13 bits per heavy atom. The number of aliphatic hydroxyl groups excluding tert-OH is 1. The lowest BCUT2D eigenvalue weighted by molar-refractivity contribution is 0.155. The van der Waals surface area contributed by atoms with E-state index in [0.29, 0.717) is 28.5 Å². The van der Waals surface area contributed by atoms with E-state index in [1.54, 1.807) is 29.7 Å². The molecule has 8 nitrogen and oxygen atoms in total. The van der Waals surface area contributed by atoms with Gasteiger partial charge in [0.25, 0.3) is 5.56 Å². The molecule has 1 aliphatic rings. The molecule has 23 heavy (non-hydrogen) atoms. The van der Waals surface area contributed by atoms with Gasteiger partial charge in [-0.1, -0.05) is 6.07 Å². The van der Waals surface area contributed by atoms with Crippen molar-refractivity contribution in [1.29, 1.82) is 0 Å². The van der Waals surface area contributed by atoms with Gasteiger partial charge in [0.2, 0.25) is 12.6 Å².